The molecule has 0 bridgehead atoms. The third kappa shape index (κ3) is 5.55. The van der Waals surface area contributed by atoms with Crippen LogP contribution in [0.3, 0.4) is 0 Å². The Kier molecular flexibility index (Phi) is 7.38. The van der Waals surface area contributed by atoms with Gasteiger partial charge in [-0.3, -0.25) is 19.4 Å². The summed E-state index contributed by atoms with van der Waals surface area (Å²) in [6, 6.07) is 3.84. The highest BCUT2D eigenvalue weighted by atomic mass is 16.2. The van der Waals surface area contributed by atoms with Crippen molar-refractivity contribution >= 4 is 11.8 Å². The maximum Gasteiger partial charge on any atom is 0.257 e. The van der Waals surface area contributed by atoms with Crippen LogP contribution in [-0.2, 0) is 6.54 Å². The van der Waals surface area contributed by atoms with E-state index in [1.54, 1.807) is 30.9 Å². The van der Waals surface area contributed by atoms with E-state index >= 15 is 0 Å². The molecule has 2 heterocycles. The van der Waals surface area contributed by atoms with Gasteiger partial charge in [-0.2, -0.15) is 0 Å². The fraction of sp³-hybridized carbons (Fsp3) is 0.478. The van der Waals surface area contributed by atoms with E-state index in [0.717, 1.165) is 37.7 Å². The molecule has 1 aliphatic rings. The standard InChI is InChI=1S/C23H30N4O3/c1-16(2)9-11-25-22(29)19-14-27(18-7-3-4-8-18)15-20(21(19)28)23(30)26-13-17-6-5-10-24-12-17/h5-6,10,12,14-16,18H,3-4,7-9,11,13H2,1-2H3,(H,25,29)(H,26,30). The fourth-order valence-electron chi connectivity index (χ4n) is 3.68. The maximum absolute atomic E-state index is 13.0. The van der Waals surface area contributed by atoms with E-state index in [4.69, 9.17) is 0 Å². The molecule has 0 aliphatic heterocycles. The summed E-state index contributed by atoms with van der Waals surface area (Å²) in [4.78, 5) is 42.5. The molecule has 2 aromatic rings. The van der Waals surface area contributed by atoms with Crippen LogP contribution in [0.2, 0.25) is 0 Å². The van der Waals surface area contributed by atoms with Crippen molar-refractivity contribution in [3.8, 4) is 0 Å². The van der Waals surface area contributed by atoms with Crippen LogP contribution in [0, 0.1) is 5.92 Å². The number of pyridine rings is 2. The molecule has 0 radical (unpaired) electrons. The van der Waals surface area contributed by atoms with E-state index in [0.29, 0.717) is 12.5 Å². The van der Waals surface area contributed by atoms with Crippen molar-refractivity contribution in [3.05, 3.63) is 63.8 Å². The summed E-state index contributed by atoms with van der Waals surface area (Å²) < 4.78 is 1.88. The Hall–Kier alpha value is -2.96. The topological polar surface area (TPSA) is 93.1 Å². The van der Waals surface area contributed by atoms with Crippen molar-refractivity contribution in [2.45, 2.75) is 58.5 Å². The SMILES string of the molecule is CC(C)CCNC(=O)c1cn(C2CCCC2)cc(C(=O)NCc2cccnc2)c1=O. The van der Waals surface area contributed by atoms with E-state index in [9.17, 15) is 14.4 Å². The predicted octanol–water partition coefficient (Wildman–Crippen LogP) is 3.06. The van der Waals surface area contributed by atoms with Gasteiger partial charge in [0.15, 0.2) is 0 Å². The van der Waals surface area contributed by atoms with E-state index in [2.05, 4.69) is 29.5 Å². The third-order valence-corrected chi connectivity index (χ3v) is 5.46. The highest BCUT2D eigenvalue weighted by Crippen LogP contribution is 2.29. The number of nitrogens with zero attached hydrogens (tertiary/aromatic N) is 2. The lowest BCUT2D eigenvalue weighted by Gasteiger charge is -2.17. The van der Waals surface area contributed by atoms with Gasteiger partial charge >= 0.3 is 0 Å². The smallest absolute Gasteiger partial charge is 0.257 e. The van der Waals surface area contributed by atoms with Crippen LogP contribution in [0.4, 0.5) is 0 Å². The molecule has 2 aromatic heterocycles. The largest absolute Gasteiger partial charge is 0.352 e. The molecule has 0 atom stereocenters. The predicted molar refractivity (Wildman–Crippen MR) is 115 cm³/mol. The molecule has 1 aliphatic carbocycles. The van der Waals surface area contributed by atoms with E-state index < -0.39 is 17.2 Å². The normalized spacial score (nSPS) is 14.1. The first-order valence-corrected chi connectivity index (χ1v) is 10.7. The summed E-state index contributed by atoms with van der Waals surface area (Å²) in [7, 11) is 0. The molecular weight excluding hydrogens is 380 g/mol. The van der Waals surface area contributed by atoms with Gasteiger partial charge in [0.1, 0.15) is 11.1 Å². The lowest BCUT2D eigenvalue weighted by atomic mass is 10.1. The van der Waals surface area contributed by atoms with Crippen LogP contribution in [0.25, 0.3) is 0 Å². The molecule has 0 unspecified atom stereocenters. The molecule has 7 nitrogen and oxygen atoms in total. The van der Waals surface area contributed by atoms with Crippen LogP contribution in [0.1, 0.15) is 78.3 Å². The number of hydrogen-bond acceptors (Lipinski definition) is 4. The first kappa shape index (κ1) is 21.7. The molecule has 7 heteroatoms. The van der Waals surface area contributed by atoms with Gasteiger partial charge in [-0.25, -0.2) is 0 Å². The molecule has 1 fully saturated rings. The zero-order valence-electron chi connectivity index (χ0n) is 17.7. The van der Waals surface area contributed by atoms with Gasteiger partial charge in [0.05, 0.1) is 0 Å². The van der Waals surface area contributed by atoms with Gasteiger partial charge in [0.2, 0.25) is 5.43 Å². The average Bonchev–Trinajstić information content (AvgIpc) is 3.27. The minimum Gasteiger partial charge on any atom is -0.352 e. The third-order valence-electron chi connectivity index (χ3n) is 5.46. The minimum atomic E-state index is -0.532. The molecule has 1 saturated carbocycles. The zero-order chi connectivity index (χ0) is 21.5. The summed E-state index contributed by atoms with van der Waals surface area (Å²) in [6.07, 6.45) is 11.5. The average molecular weight is 411 g/mol. The molecule has 160 valence electrons. The van der Waals surface area contributed by atoms with Crippen molar-refractivity contribution in [2.24, 2.45) is 5.92 Å². The van der Waals surface area contributed by atoms with Crippen LogP contribution < -0.4 is 16.1 Å². The van der Waals surface area contributed by atoms with Crippen molar-refractivity contribution in [1.82, 2.24) is 20.2 Å². The van der Waals surface area contributed by atoms with Gasteiger partial charge in [-0.1, -0.05) is 32.8 Å². The number of amides is 2. The summed E-state index contributed by atoms with van der Waals surface area (Å²) in [5.41, 5.74) is 0.335. The number of aromatic nitrogens is 2. The number of rotatable bonds is 8. The summed E-state index contributed by atoms with van der Waals surface area (Å²) in [6.45, 7) is 4.91. The van der Waals surface area contributed by atoms with E-state index in [-0.39, 0.29) is 23.7 Å². The summed E-state index contributed by atoms with van der Waals surface area (Å²) in [5, 5.41) is 5.59. The second-order valence-corrected chi connectivity index (χ2v) is 8.28. The number of carbonyl (C=O) groups excluding carboxylic acids is 2. The molecule has 0 saturated heterocycles. The Morgan fingerprint density at radius 2 is 1.80 bits per heavy atom. The molecule has 30 heavy (non-hydrogen) atoms. The Morgan fingerprint density at radius 3 is 2.40 bits per heavy atom. The molecular formula is C23H30N4O3. The number of carbonyl (C=O) groups is 2. The van der Waals surface area contributed by atoms with Crippen LogP contribution in [0.15, 0.2) is 41.7 Å². The molecule has 2 amide bonds. The number of nitrogens with one attached hydrogen (secondary N) is 2. The van der Waals surface area contributed by atoms with E-state index in [1.165, 1.54) is 0 Å². The molecule has 0 aromatic carbocycles. The van der Waals surface area contributed by atoms with Gasteiger partial charge in [0.25, 0.3) is 11.8 Å². The first-order valence-electron chi connectivity index (χ1n) is 10.7. The van der Waals surface area contributed by atoms with Gasteiger partial charge < -0.3 is 15.2 Å². The van der Waals surface area contributed by atoms with Crippen molar-refractivity contribution in [1.29, 1.82) is 0 Å². The van der Waals surface area contributed by atoms with Gasteiger partial charge in [0, 0.05) is 43.9 Å². The lowest BCUT2D eigenvalue weighted by molar-refractivity contribution is 0.0948. The molecule has 2 N–H and O–H groups in total. The quantitative estimate of drug-likeness (QED) is 0.699. The Labute approximate surface area is 176 Å². The van der Waals surface area contributed by atoms with Crippen LogP contribution in [-0.4, -0.2) is 27.9 Å². The Bertz CT molecular complexity index is 931. The van der Waals surface area contributed by atoms with Crippen LogP contribution in [0.5, 0.6) is 0 Å². The second kappa shape index (κ2) is 10.2. The summed E-state index contributed by atoms with van der Waals surface area (Å²) in [5.74, 6) is -0.452. The van der Waals surface area contributed by atoms with Gasteiger partial charge in [-0.15, -0.1) is 0 Å². The molecule has 3 rings (SSSR count). The molecule has 0 spiro atoms. The monoisotopic (exact) mass is 410 g/mol. The van der Waals surface area contributed by atoms with Gasteiger partial charge in [-0.05, 0) is 36.8 Å². The number of hydrogen-bond donors (Lipinski definition) is 2. The Balaban J connectivity index is 1.84. The zero-order valence-corrected chi connectivity index (χ0v) is 17.7. The van der Waals surface area contributed by atoms with Crippen LogP contribution >= 0.6 is 0 Å². The van der Waals surface area contributed by atoms with Crippen molar-refractivity contribution in [2.75, 3.05) is 6.54 Å². The summed E-state index contributed by atoms with van der Waals surface area (Å²) >= 11 is 0. The second-order valence-electron chi connectivity index (χ2n) is 8.28. The lowest BCUT2D eigenvalue weighted by Crippen LogP contribution is -2.36. The highest BCUT2D eigenvalue weighted by Gasteiger charge is 2.23. The first-order chi connectivity index (χ1) is 14.5. The maximum atomic E-state index is 13.0. The van der Waals surface area contributed by atoms with Crippen molar-refractivity contribution < 1.29 is 9.59 Å². The Morgan fingerprint density at radius 1 is 1.13 bits per heavy atom. The van der Waals surface area contributed by atoms with E-state index in [1.807, 2.05) is 10.6 Å². The minimum absolute atomic E-state index is 0.00213. The highest BCUT2D eigenvalue weighted by molar-refractivity contribution is 5.99. The fourth-order valence-corrected chi connectivity index (χ4v) is 3.68. The van der Waals surface area contributed by atoms with Crippen molar-refractivity contribution in [3.63, 3.8) is 0 Å².